The molecule has 1 saturated heterocycles. The van der Waals surface area contributed by atoms with E-state index in [9.17, 15) is 4.79 Å². The van der Waals surface area contributed by atoms with Crippen molar-refractivity contribution in [2.24, 2.45) is 0 Å². The van der Waals surface area contributed by atoms with Gasteiger partial charge in [0.15, 0.2) is 0 Å². The number of thiazole rings is 1. The molecule has 0 atom stereocenters. The van der Waals surface area contributed by atoms with Crippen LogP contribution in [0.25, 0.3) is 10.6 Å². The van der Waals surface area contributed by atoms with Crippen molar-refractivity contribution in [2.45, 2.75) is 13.1 Å². The summed E-state index contributed by atoms with van der Waals surface area (Å²) in [5.74, 6) is -0.283. The molecule has 0 spiro atoms. The number of carbonyl (C=O) groups is 1. The van der Waals surface area contributed by atoms with Crippen LogP contribution >= 0.6 is 11.3 Å². The maximum Gasteiger partial charge on any atom is 0.337 e. The largest absolute Gasteiger partial charge is 0.465 e. The Morgan fingerprint density at radius 1 is 1.00 bits per heavy atom. The lowest BCUT2D eigenvalue weighted by molar-refractivity contribution is 0.0600. The number of hydrogen-bond donors (Lipinski definition) is 0. The molecule has 1 aliphatic heterocycles. The van der Waals surface area contributed by atoms with Gasteiger partial charge >= 0.3 is 5.97 Å². The van der Waals surface area contributed by atoms with E-state index in [0.29, 0.717) is 5.56 Å². The van der Waals surface area contributed by atoms with Crippen LogP contribution in [0.2, 0.25) is 0 Å². The summed E-state index contributed by atoms with van der Waals surface area (Å²) in [5.41, 5.74) is 4.09. The Hall–Kier alpha value is -2.54. The molecular formula is C23H25N3O2S. The first-order chi connectivity index (χ1) is 14.2. The fraction of sp³-hybridized carbons (Fsp3) is 0.304. The lowest BCUT2D eigenvalue weighted by Gasteiger charge is -2.34. The average molecular weight is 408 g/mol. The number of hydrogen-bond acceptors (Lipinski definition) is 6. The van der Waals surface area contributed by atoms with E-state index in [1.807, 2.05) is 18.2 Å². The number of ether oxygens (including phenoxy) is 1. The van der Waals surface area contributed by atoms with Crippen LogP contribution in [0.5, 0.6) is 0 Å². The van der Waals surface area contributed by atoms with E-state index >= 15 is 0 Å². The van der Waals surface area contributed by atoms with Gasteiger partial charge in [0.2, 0.25) is 0 Å². The van der Waals surface area contributed by atoms with Crippen molar-refractivity contribution in [3.05, 3.63) is 76.8 Å². The average Bonchev–Trinajstić information content (AvgIpc) is 3.24. The summed E-state index contributed by atoms with van der Waals surface area (Å²) in [6, 6.07) is 18.1. The Bertz CT molecular complexity index is 950. The quantitative estimate of drug-likeness (QED) is 0.580. The van der Waals surface area contributed by atoms with Crippen molar-refractivity contribution in [1.29, 1.82) is 0 Å². The van der Waals surface area contributed by atoms with Crippen molar-refractivity contribution in [2.75, 3.05) is 33.3 Å². The van der Waals surface area contributed by atoms with Gasteiger partial charge in [0, 0.05) is 50.2 Å². The first kappa shape index (κ1) is 19.8. The third kappa shape index (κ3) is 5.09. The zero-order valence-corrected chi connectivity index (χ0v) is 17.4. The zero-order valence-electron chi connectivity index (χ0n) is 16.6. The second-order valence-electron chi connectivity index (χ2n) is 7.25. The van der Waals surface area contributed by atoms with Crippen molar-refractivity contribution < 1.29 is 9.53 Å². The molecule has 0 unspecified atom stereocenters. The van der Waals surface area contributed by atoms with Gasteiger partial charge in [0.25, 0.3) is 0 Å². The summed E-state index contributed by atoms with van der Waals surface area (Å²) in [6.45, 7) is 5.82. The number of nitrogens with zero attached hydrogens (tertiary/aromatic N) is 3. The number of benzene rings is 2. The number of aromatic nitrogens is 1. The second-order valence-corrected chi connectivity index (χ2v) is 8.11. The molecular weight excluding hydrogens is 382 g/mol. The summed E-state index contributed by atoms with van der Waals surface area (Å²) in [5, 5.41) is 3.26. The first-order valence-electron chi connectivity index (χ1n) is 9.83. The van der Waals surface area contributed by atoms with E-state index < -0.39 is 0 Å². The fourth-order valence-electron chi connectivity index (χ4n) is 3.60. The number of methoxy groups -OCH3 is 1. The van der Waals surface area contributed by atoms with E-state index in [-0.39, 0.29) is 5.97 Å². The van der Waals surface area contributed by atoms with Crippen LogP contribution in [0.4, 0.5) is 0 Å². The van der Waals surface area contributed by atoms with Crippen LogP contribution in [-0.2, 0) is 17.8 Å². The summed E-state index contributed by atoms with van der Waals surface area (Å²) < 4.78 is 4.82. The summed E-state index contributed by atoms with van der Waals surface area (Å²) in [7, 11) is 1.42. The molecule has 1 aromatic heterocycles. The minimum atomic E-state index is -0.283. The molecule has 1 aliphatic rings. The van der Waals surface area contributed by atoms with E-state index in [1.54, 1.807) is 17.4 Å². The van der Waals surface area contributed by atoms with Gasteiger partial charge in [-0.1, -0.05) is 42.5 Å². The Balaban J connectivity index is 1.29. The van der Waals surface area contributed by atoms with E-state index in [1.165, 1.54) is 12.7 Å². The highest BCUT2D eigenvalue weighted by molar-refractivity contribution is 7.13. The molecule has 0 radical (unpaired) electrons. The van der Waals surface area contributed by atoms with Gasteiger partial charge in [-0.15, -0.1) is 11.3 Å². The maximum atomic E-state index is 11.7. The normalized spacial score (nSPS) is 15.3. The minimum Gasteiger partial charge on any atom is -0.465 e. The fourth-order valence-corrected chi connectivity index (χ4v) is 4.42. The zero-order chi connectivity index (χ0) is 20.1. The van der Waals surface area contributed by atoms with Gasteiger partial charge in [-0.05, 0) is 17.7 Å². The highest BCUT2D eigenvalue weighted by Crippen LogP contribution is 2.24. The highest BCUT2D eigenvalue weighted by atomic mass is 32.1. The van der Waals surface area contributed by atoms with Crippen molar-refractivity contribution in [3.63, 3.8) is 0 Å². The Kier molecular flexibility index (Phi) is 6.34. The monoisotopic (exact) mass is 407 g/mol. The van der Waals surface area contributed by atoms with Crippen LogP contribution in [0.15, 0.2) is 60.0 Å². The topological polar surface area (TPSA) is 45.7 Å². The molecule has 29 heavy (non-hydrogen) atoms. The molecule has 0 bridgehead atoms. The van der Waals surface area contributed by atoms with Gasteiger partial charge in [-0.25, -0.2) is 9.78 Å². The van der Waals surface area contributed by atoms with Crippen molar-refractivity contribution in [3.8, 4) is 10.6 Å². The molecule has 2 aromatic carbocycles. The molecule has 3 aromatic rings. The Morgan fingerprint density at radius 2 is 1.72 bits per heavy atom. The summed E-state index contributed by atoms with van der Waals surface area (Å²) in [6.07, 6.45) is 0. The lowest BCUT2D eigenvalue weighted by Crippen LogP contribution is -2.45. The predicted molar refractivity (Wildman–Crippen MR) is 116 cm³/mol. The standard InChI is InChI=1S/C23H25N3O2S/c1-28-23(27)20-9-5-6-18(14-20)15-25-10-12-26(13-11-25)16-21-17-29-22(24-21)19-7-3-2-4-8-19/h2-9,14,17H,10-13,15-16H2,1H3. The third-order valence-corrected chi connectivity index (χ3v) is 6.12. The van der Waals surface area contributed by atoms with Gasteiger partial charge < -0.3 is 4.74 Å². The molecule has 4 rings (SSSR count). The van der Waals surface area contributed by atoms with Crippen LogP contribution in [0.1, 0.15) is 21.6 Å². The van der Waals surface area contributed by atoms with Crippen LogP contribution in [0, 0.1) is 0 Å². The second kappa shape index (κ2) is 9.31. The number of esters is 1. The van der Waals surface area contributed by atoms with Crippen molar-refractivity contribution >= 4 is 17.3 Å². The van der Waals surface area contributed by atoms with Gasteiger partial charge in [0.1, 0.15) is 5.01 Å². The Labute approximate surface area is 175 Å². The third-order valence-electron chi connectivity index (χ3n) is 5.18. The SMILES string of the molecule is COC(=O)c1cccc(CN2CCN(Cc3csc(-c4ccccc4)n3)CC2)c1. The number of rotatable bonds is 6. The predicted octanol–water partition coefficient (Wildman–Crippen LogP) is 3.91. The van der Waals surface area contributed by atoms with E-state index in [0.717, 1.165) is 55.5 Å². The van der Waals surface area contributed by atoms with Gasteiger partial charge in [-0.3, -0.25) is 9.80 Å². The summed E-state index contributed by atoms with van der Waals surface area (Å²) >= 11 is 1.71. The molecule has 2 heterocycles. The van der Waals surface area contributed by atoms with Crippen LogP contribution in [-0.4, -0.2) is 54.0 Å². The minimum absolute atomic E-state index is 0.283. The van der Waals surface area contributed by atoms with Crippen molar-refractivity contribution in [1.82, 2.24) is 14.8 Å². The Morgan fingerprint density at radius 3 is 2.45 bits per heavy atom. The highest BCUT2D eigenvalue weighted by Gasteiger charge is 2.18. The van der Waals surface area contributed by atoms with Gasteiger partial charge in [0.05, 0.1) is 18.4 Å². The molecule has 5 nitrogen and oxygen atoms in total. The smallest absolute Gasteiger partial charge is 0.337 e. The maximum absolute atomic E-state index is 11.7. The van der Waals surface area contributed by atoms with E-state index in [2.05, 4.69) is 45.5 Å². The lowest BCUT2D eigenvalue weighted by atomic mass is 10.1. The molecule has 6 heteroatoms. The first-order valence-corrected chi connectivity index (χ1v) is 10.7. The summed E-state index contributed by atoms with van der Waals surface area (Å²) in [4.78, 5) is 21.4. The molecule has 0 amide bonds. The van der Waals surface area contributed by atoms with Gasteiger partial charge in [-0.2, -0.15) is 0 Å². The van der Waals surface area contributed by atoms with Crippen LogP contribution in [0.3, 0.4) is 0 Å². The molecule has 0 saturated carbocycles. The number of piperazine rings is 1. The molecule has 0 aliphatic carbocycles. The van der Waals surface area contributed by atoms with Crippen LogP contribution < -0.4 is 0 Å². The molecule has 1 fully saturated rings. The van der Waals surface area contributed by atoms with E-state index in [4.69, 9.17) is 9.72 Å². The molecule has 0 N–H and O–H groups in total. The number of carbonyl (C=O) groups excluding carboxylic acids is 1. The molecule has 150 valence electrons.